The van der Waals surface area contributed by atoms with Crippen LogP contribution in [0.15, 0.2) is 65.7 Å². The van der Waals surface area contributed by atoms with E-state index in [9.17, 15) is 17.2 Å². The zero-order valence-corrected chi connectivity index (χ0v) is 15.2. The maximum Gasteiger partial charge on any atom is 0.262 e. The largest absolute Gasteiger partial charge is 0.366 e. The van der Waals surface area contributed by atoms with Gasteiger partial charge in [0.15, 0.2) is 0 Å². The molecule has 1 aromatic heterocycles. The number of halogens is 2. The number of nitrogens with zero attached hydrogens (tertiary/aromatic N) is 1. The third-order valence-electron chi connectivity index (χ3n) is 3.86. The maximum absolute atomic E-state index is 13.6. The molecule has 0 bridgehead atoms. The summed E-state index contributed by atoms with van der Waals surface area (Å²) in [5, 5.41) is 2.97. The van der Waals surface area contributed by atoms with Crippen LogP contribution < -0.4 is 10.0 Å². The molecule has 2 aromatic carbocycles. The van der Waals surface area contributed by atoms with Gasteiger partial charge in [0.25, 0.3) is 10.0 Å². The van der Waals surface area contributed by atoms with Crippen LogP contribution in [-0.4, -0.2) is 13.4 Å². The number of benzene rings is 2. The SMILES string of the molecule is Cc1cc(F)ccc1S(=O)(=O)Nc1ccc(NCc2ccccc2F)nc1. The van der Waals surface area contributed by atoms with Gasteiger partial charge in [0, 0.05) is 12.1 Å². The Kier molecular flexibility index (Phi) is 5.36. The number of pyridine rings is 1. The minimum atomic E-state index is -3.86. The molecular weight excluding hydrogens is 372 g/mol. The molecule has 0 aliphatic rings. The van der Waals surface area contributed by atoms with Crippen LogP contribution in [0.1, 0.15) is 11.1 Å². The van der Waals surface area contributed by atoms with E-state index in [1.807, 2.05) is 0 Å². The molecular formula is C19H17F2N3O2S. The first kappa shape index (κ1) is 18.8. The first-order valence-corrected chi connectivity index (χ1v) is 9.56. The van der Waals surface area contributed by atoms with E-state index in [0.29, 0.717) is 16.9 Å². The Morgan fingerprint density at radius 2 is 1.81 bits per heavy atom. The van der Waals surface area contributed by atoms with Gasteiger partial charge in [-0.15, -0.1) is 0 Å². The monoisotopic (exact) mass is 389 g/mol. The van der Waals surface area contributed by atoms with E-state index in [-0.39, 0.29) is 22.9 Å². The van der Waals surface area contributed by atoms with Gasteiger partial charge >= 0.3 is 0 Å². The fraction of sp³-hybridized carbons (Fsp3) is 0.105. The Morgan fingerprint density at radius 1 is 1.04 bits per heavy atom. The number of aromatic nitrogens is 1. The topological polar surface area (TPSA) is 71.1 Å². The summed E-state index contributed by atoms with van der Waals surface area (Å²) in [6, 6.07) is 13.0. The lowest BCUT2D eigenvalue weighted by Crippen LogP contribution is -2.14. The zero-order chi connectivity index (χ0) is 19.4. The van der Waals surface area contributed by atoms with Crippen LogP contribution in [0.2, 0.25) is 0 Å². The molecule has 0 aliphatic heterocycles. The molecule has 0 saturated carbocycles. The first-order valence-electron chi connectivity index (χ1n) is 8.07. The molecule has 3 aromatic rings. The van der Waals surface area contributed by atoms with E-state index < -0.39 is 15.8 Å². The van der Waals surface area contributed by atoms with Crippen molar-refractivity contribution in [3.05, 3.63) is 83.6 Å². The van der Waals surface area contributed by atoms with E-state index >= 15 is 0 Å². The zero-order valence-electron chi connectivity index (χ0n) is 14.4. The van der Waals surface area contributed by atoms with Gasteiger partial charge in [0.1, 0.15) is 17.5 Å². The number of hydrogen-bond donors (Lipinski definition) is 2. The van der Waals surface area contributed by atoms with E-state index in [2.05, 4.69) is 15.0 Å². The van der Waals surface area contributed by atoms with Crippen molar-refractivity contribution in [1.82, 2.24) is 4.98 Å². The number of nitrogens with one attached hydrogen (secondary N) is 2. The quantitative estimate of drug-likeness (QED) is 0.666. The molecule has 1 heterocycles. The van der Waals surface area contributed by atoms with Crippen LogP contribution in [0.5, 0.6) is 0 Å². The van der Waals surface area contributed by atoms with E-state index in [1.54, 1.807) is 24.3 Å². The van der Waals surface area contributed by atoms with Gasteiger partial charge in [-0.3, -0.25) is 4.72 Å². The molecule has 0 unspecified atom stereocenters. The average Bonchev–Trinajstić information content (AvgIpc) is 2.61. The number of sulfonamides is 1. The molecule has 2 N–H and O–H groups in total. The standard InChI is InChI=1S/C19H17F2N3O2S/c1-13-10-15(20)6-8-18(13)27(25,26)24-16-7-9-19(23-12-16)22-11-14-4-2-3-5-17(14)21/h2-10,12,24H,11H2,1H3,(H,22,23). The van der Waals surface area contributed by atoms with E-state index in [0.717, 1.165) is 12.1 Å². The molecule has 0 aliphatic carbocycles. The lowest BCUT2D eigenvalue weighted by Gasteiger charge is -2.11. The summed E-state index contributed by atoms with van der Waals surface area (Å²) in [4.78, 5) is 4.11. The van der Waals surface area contributed by atoms with Crippen molar-refractivity contribution in [2.24, 2.45) is 0 Å². The minimum absolute atomic E-state index is 0.00865. The van der Waals surface area contributed by atoms with Crippen LogP contribution in [0, 0.1) is 18.6 Å². The molecule has 0 radical (unpaired) electrons. The molecule has 8 heteroatoms. The predicted octanol–water partition coefficient (Wildman–Crippen LogP) is 4.08. The van der Waals surface area contributed by atoms with E-state index in [4.69, 9.17) is 0 Å². The van der Waals surface area contributed by atoms with Crippen molar-refractivity contribution >= 4 is 21.5 Å². The number of rotatable bonds is 6. The van der Waals surface area contributed by atoms with Crippen LogP contribution in [0.3, 0.4) is 0 Å². The van der Waals surface area contributed by atoms with Crippen molar-refractivity contribution in [3.63, 3.8) is 0 Å². The minimum Gasteiger partial charge on any atom is -0.366 e. The second kappa shape index (κ2) is 7.71. The lowest BCUT2D eigenvalue weighted by molar-refractivity contribution is 0.598. The summed E-state index contributed by atoms with van der Waals surface area (Å²) in [6.07, 6.45) is 1.35. The van der Waals surface area contributed by atoms with Crippen LogP contribution in [0.25, 0.3) is 0 Å². The van der Waals surface area contributed by atoms with Crippen molar-refractivity contribution in [2.75, 3.05) is 10.0 Å². The molecule has 0 spiro atoms. The highest BCUT2D eigenvalue weighted by atomic mass is 32.2. The predicted molar refractivity (Wildman–Crippen MR) is 99.9 cm³/mol. The van der Waals surface area contributed by atoms with Gasteiger partial charge in [-0.25, -0.2) is 22.2 Å². The van der Waals surface area contributed by atoms with E-state index in [1.165, 1.54) is 31.3 Å². The summed E-state index contributed by atoms with van der Waals surface area (Å²) >= 11 is 0. The highest BCUT2D eigenvalue weighted by Gasteiger charge is 2.17. The summed E-state index contributed by atoms with van der Waals surface area (Å²) in [7, 11) is -3.86. The van der Waals surface area contributed by atoms with Crippen LogP contribution in [-0.2, 0) is 16.6 Å². The molecule has 0 saturated heterocycles. The molecule has 3 rings (SSSR count). The summed E-state index contributed by atoms with van der Waals surface area (Å²) < 4.78 is 54.1. The van der Waals surface area contributed by atoms with Gasteiger partial charge < -0.3 is 5.32 Å². The van der Waals surface area contributed by atoms with Crippen molar-refractivity contribution < 1.29 is 17.2 Å². The third kappa shape index (κ3) is 4.59. The highest BCUT2D eigenvalue weighted by molar-refractivity contribution is 7.92. The fourth-order valence-corrected chi connectivity index (χ4v) is 3.78. The van der Waals surface area contributed by atoms with Crippen LogP contribution >= 0.6 is 0 Å². The second-order valence-corrected chi connectivity index (χ2v) is 7.54. The Balaban J connectivity index is 1.69. The van der Waals surface area contributed by atoms with Crippen LogP contribution in [0.4, 0.5) is 20.3 Å². The molecule has 0 atom stereocenters. The molecule has 27 heavy (non-hydrogen) atoms. The number of anilines is 2. The van der Waals surface area contributed by atoms with Gasteiger partial charge in [-0.05, 0) is 48.9 Å². The Bertz CT molecular complexity index is 1050. The highest BCUT2D eigenvalue weighted by Crippen LogP contribution is 2.20. The Labute approximate surface area is 156 Å². The Hall–Kier alpha value is -3.00. The van der Waals surface area contributed by atoms with Gasteiger partial charge in [-0.2, -0.15) is 0 Å². The molecule has 0 fully saturated rings. The van der Waals surface area contributed by atoms with Gasteiger partial charge in [0.2, 0.25) is 0 Å². The Morgan fingerprint density at radius 3 is 2.48 bits per heavy atom. The molecule has 5 nitrogen and oxygen atoms in total. The van der Waals surface area contributed by atoms with Gasteiger partial charge in [-0.1, -0.05) is 18.2 Å². The number of hydrogen-bond acceptors (Lipinski definition) is 4. The fourth-order valence-electron chi connectivity index (χ4n) is 2.51. The van der Waals surface area contributed by atoms with Crippen molar-refractivity contribution in [2.45, 2.75) is 18.4 Å². The molecule has 140 valence electrons. The summed E-state index contributed by atoms with van der Waals surface area (Å²) in [5.41, 5.74) is 1.06. The van der Waals surface area contributed by atoms with Crippen molar-refractivity contribution in [1.29, 1.82) is 0 Å². The van der Waals surface area contributed by atoms with Gasteiger partial charge in [0.05, 0.1) is 16.8 Å². The smallest absolute Gasteiger partial charge is 0.262 e. The molecule has 0 amide bonds. The normalized spacial score (nSPS) is 11.2. The summed E-state index contributed by atoms with van der Waals surface area (Å²) in [5.74, 6) is -0.346. The first-order chi connectivity index (χ1) is 12.8. The average molecular weight is 389 g/mol. The van der Waals surface area contributed by atoms with Crippen molar-refractivity contribution in [3.8, 4) is 0 Å². The summed E-state index contributed by atoms with van der Waals surface area (Å²) in [6.45, 7) is 1.77. The second-order valence-electron chi connectivity index (χ2n) is 5.89. The number of aryl methyl sites for hydroxylation is 1. The lowest BCUT2D eigenvalue weighted by atomic mass is 10.2. The third-order valence-corrected chi connectivity index (χ3v) is 5.40. The maximum atomic E-state index is 13.6.